The first-order valence-corrected chi connectivity index (χ1v) is 10.6. The Morgan fingerprint density at radius 1 is 1.04 bits per heavy atom. The number of hydrogen-bond donors (Lipinski definition) is 0. The van der Waals surface area contributed by atoms with Crippen molar-refractivity contribution < 1.29 is 22.1 Å². The molecule has 0 fully saturated rings. The SMILES string of the molecule is CC(C)(C)OC(=O)n1cc(Cc2ccc(OS(C)(=O)=O)cc2)c2ccccc21. The summed E-state index contributed by atoms with van der Waals surface area (Å²) in [5, 5.41) is 0.963. The molecule has 0 N–H and O–H groups in total. The molecule has 0 spiro atoms. The minimum Gasteiger partial charge on any atom is -0.443 e. The van der Waals surface area contributed by atoms with Crippen molar-refractivity contribution in [2.75, 3.05) is 6.26 Å². The fraction of sp³-hybridized carbons (Fsp3) is 0.286. The lowest BCUT2D eigenvalue weighted by atomic mass is 10.0. The molecule has 0 amide bonds. The smallest absolute Gasteiger partial charge is 0.419 e. The quantitative estimate of drug-likeness (QED) is 0.608. The molecule has 0 aliphatic heterocycles. The second kappa shape index (κ2) is 7.31. The molecule has 1 heterocycles. The molecule has 28 heavy (non-hydrogen) atoms. The molecule has 148 valence electrons. The first-order chi connectivity index (χ1) is 13.0. The van der Waals surface area contributed by atoms with Gasteiger partial charge in [0.2, 0.25) is 0 Å². The normalized spacial score (nSPS) is 12.1. The number of nitrogens with zero attached hydrogens (tertiary/aromatic N) is 1. The molecule has 0 saturated carbocycles. The van der Waals surface area contributed by atoms with E-state index >= 15 is 0 Å². The second-order valence-corrected chi connectivity index (χ2v) is 9.20. The Morgan fingerprint density at radius 3 is 2.29 bits per heavy atom. The third kappa shape index (κ3) is 4.92. The fourth-order valence-corrected chi connectivity index (χ4v) is 3.37. The van der Waals surface area contributed by atoms with Crippen LogP contribution in [-0.4, -0.2) is 30.9 Å². The lowest BCUT2D eigenvalue weighted by molar-refractivity contribution is 0.0544. The minimum absolute atomic E-state index is 0.266. The molecule has 0 bridgehead atoms. The van der Waals surface area contributed by atoms with Gasteiger partial charge in [-0.25, -0.2) is 4.79 Å². The van der Waals surface area contributed by atoms with E-state index in [-0.39, 0.29) is 5.75 Å². The number of hydrogen-bond acceptors (Lipinski definition) is 5. The molecule has 3 aromatic rings. The molecule has 7 heteroatoms. The number of carbonyl (C=O) groups is 1. The molecule has 1 aromatic heterocycles. The van der Waals surface area contributed by atoms with Crippen LogP contribution in [0.2, 0.25) is 0 Å². The maximum absolute atomic E-state index is 12.6. The molecular weight excluding hydrogens is 378 g/mol. The molecule has 0 radical (unpaired) electrons. The van der Waals surface area contributed by atoms with Gasteiger partial charge >= 0.3 is 16.2 Å². The molecular formula is C21H23NO5S. The van der Waals surface area contributed by atoms with Crippen molar-refractivity contribution in [2.24, 2.45) is 0 Å². The Hall–Kier alpha value is -2.80. The number of benzene rings is 2. The number of ether oxygens (including phenoxy) is 1. The predicted octanol–water partition coefficient (Wildman–Crippen LogP) is 4.35. The zero-order valence-electron chi connectivity index (χ0n) is 16.3. The molecule has 6 nitrogen and oxygen atoms in total. The van der Waals surface area contributed by atoms with Crippen molar-refractivity contribution in [3.8, 4) is 5.75 Å². The summed E-state index contributed by atoms with van der Waals surface area (Å²) in [6.45, 7) is 5.49. The average molecular weight is 401 g/mol. The highest BCUT2D eigenvalue weighted by Gasteiger charge is 2.20. The molecule has 0 unspecified atom stereocenters. The van der Waals surface area contributed by atoms with E-state index in [1.54, 1.807) is 30.5 Å². The van der Waals surface area contributed by atoms with Gasteiger partial charge in [-0.2, -0.15) is 8.42 Å². The lowest BCUT2D eigenvalue weighted by Gasteiger charge is -2.19. The van der Waals surface area contributed by atoms with Crippen LogP contribution in [0.4, 0.5) is 4.79 Å². The number of aromatic nitrogens is 1. The van der Waals surface area contributed by atoms with Gasteiger partial charge in [-0.1, -0.05) is 30.3 Å². The third-order valence-electron chi connectivity index (χ3n) is 3.95. The van der Waals surface area contributed by atoms with E-state index in [1.807, 2.05) is 45.0 Å². The van der Waals surface area contributed by atoms with Crippen molar-refractivity contribution in [1.29, 1.82) is 0 Å². The number of fused-ring (bicyclic) bond motifs is 1. The second-order valence-electron chi connectivity index (χ2n) is 7.63. The van der Waals surface area contributed by atoms with Crippen LogP contribution in [0.5, 0.6) is 5.75 Å². The lowest BCUT2D eigenvalue weighted by Crippen LogP contribution is -2.26. The van der Waals surface area contributed by atoms with Gasteiger partial charge in [-0.05, 0) is 56.5 Å². The van der Waals surface area contributed by atoms with Gasteiger partial charge in [-0.3, -0.25) is 4.57 Å². The number of carbonyl (C=O) groups excluding carboxylic acids is 1. The van der Waals surface area contributed by atoms with Crippen LogP contribution in [0.3, 0.4) is 0 Å². The Kier molecular flexibility index (Phi) is 5.21. The Morgan fingerprint density at radius 2 is 1.68 bits per heavy atom. The van der Waals surface area contributed by atoms with Gasteiger partial charge in [0.1, 0.15) is 11.4 Å². The van der Waals surface area contributed by atoms with Crippen LogP contribution in [0.1, 0.15) is 31.9 Å². The molecule has 0 atom stereocenters. The molecule has 0 aliphatic carbocycles. The van der Waals surface area contributed by atoms with E-state index < -0.39 is 21.8 Å². The highest BCUT2D eigenvalue weighted by atomic mass is 32.2. The van der Waals surface area contributed by atoms with E-state index in [1.165, 1.54) is 4.57 Å². The molecule has 0 aliphatic rings. The van der Waals surface area contributed by atoms with Crippen LogP contribution < -0.4 is 4.18 Å². The van der Waals surface area contributed by atoms with Gasteiger partial charge in [0, 0.05) is 11.6 Å². The fourth-order valence-electron chi connectivity index (χ4n) is 2.91. The monoisotopic (exact) mass is 401 g/mol. The topological polar surface area (TPSA) is 74.6 Å². The highest BCUT2D eigenvalue weighted by Crippen LogP contribution is 2.26. The van der Waals surface area contributed by atoms with Crippen LogP contribution in [0.15, 0.2) is 54.7 Å². The van der Waals surface area contributed by atoms with Crippen molar-refractivity contribution >= 4 is 27.1 Å². The van der Waals surface area contributed by atoms with Crippen LogP contribution in [0.25, 0.3) is 10.9 Å². The zero-order chi connectivity index (χ0) is 20.5. The van der Waals surface area contributed by atoms with Gasteiger partial charge in [0.05, 0.1) is 11.8 Å². The first kappa shape index (κ1) is 19.9. The summed E-state index contributed by atoms with van der Waals surface area (Å²) >= 11 is 0. The number of para-hydroxylation sites is 1. The van der Waals surface area contributed by atoms with Crippen molar-refractivity contribution in [2.45, 2.75) is 32.8 Å². The zero-order valence-corrected chi connectivity index (χ0v) is 17.1. The summed E-state index contributed by atoms with van der Waals surface area (Å²) in [6.07, 6.45) is 2.95. The van der Waals surface area contributed by atoms with Crippen LogP contribution >= 0.6 is 0 Å². The Bertz CT molecular complexity index is 1110. The summed E-state index contributed by atoms with van der Waals surface area (Å²) in [6, 6.07) is 14.5. The Labute approximate surface area is 164 Å². The van der Waals surface area contributed by atoms with E-state index in [4.69, 9.17) is 8.92 Å². The summed E-state index contributed by atoms with van der Waals surface area (Å²) in [5.74, 6) is 0.266. The van der Waals surface area contributed by atoms with Gasteiger partial charge < -0.3 is 8.92 Å². The maximum Gasteiger partial charge on any atom is 0.419 e. The van der Waals surface area contributed by atoms with Crippen LogP contribution in [-0.2, 0) is 21.3 Å². The first-order valence-electron chi connectivity index (χ1n) is 8.82. The standard InChI is InChI=1S/C21H23NO5S/c1-21(2,3)26-20(23)22-14-16(18-7-5-6-8-19(18)22)13-15-9-11-17(12-10-15)27-28(4,24)25/h5-12,14H,13H2,1-4H3. The van der Waals surface area contributed by atoms with E-state index in [2.05, 4.69) is 0 Å². The largest absolute Gasteiger partial charge is 0.443 e. The van der Waals surface area contributed by atoms with E-state index in [0.717, 1.165) is 28.3 Å². The van der Waals surface area contributed by atoms with Gasteiger partial charge in [0.15, 0.2) is 0 Å². The minimum atomic E-state index is -3.55. The van der Waals surface area contributed by atoms with E-state index in [9.17, 15) is 13.2 Å². The van der Waals surface area contributed by atoms with Gasteiger partial charge in [-0.15, -0.1) is 0 Å². The summed E-state index contributed by atoms with van der Waals surface area (Å²) < 4.78 is 34.3. The summed E-state index contributed by atoms with van der Waals surface area (Å²) in [7, 11) is -3.55. The van der Waals surface area contributed by atoms with Crippen LogP contribution in [0, 0.1) is 0 Å². The van der Waals surface area contributed by atoms with Crippen molar-refractivity contribution in [3.05, 3.63) is 65.9 Å². The van der Waals surface area contributed by atoms with E-state index in [0.29, 0.717) is 6.42 Å². The third-order valence-corrected chi connectivity index (χ3v) is 4.45. The molecule has 3 rings (SSSR count). The number of rotatable bonds is 4. The maximum atomic E-state index is 12.6. The Balaban J connectivity index is 1.90. The highest BCUT2D eigenvalue weighted by molar-refractivity contribution is 7.86. The summed E-state index contributed by atoms with van der Waals surface area (Å²) in [5.41, 5.74) is 2.13. The average Bonchev–Trinajstić information content (AvgIpc) is 2.93. The van der Waals surface area contributed by atoms with Crippen molar-refractivity contribution in [3.63, 3.8) is 0 Å². The molecule has 2 aromatic carbocycles. The summed E-state index contributed by atoms with van der Waals surface area (Å²) in [4.78, 5) is 12.6. The molecule has 0 saturated heterocycles. The predicted molar refractivity (Wildman–Crippen MR) is 108 cm³/mol. The van der Waals surface area contributed by atoms with Gasteiger partial charge in [0.25, 0.3) is 0 Å². The van der Waals surface area contributed by atoms with Crippen molar-refractivity contribution in [1.82, 2.24) is 4.57 Å².